The van der Waals surface area contributed by atoms with Gasteiger partial charge in [-0.15, -0.1) is 11.6 Å². The maximum absolute atomic E-state index is 13.2. The van der Waals surface area contributed by atoms with Gasteiger partial charge < -0.3 is 14.4 Å². The Bertz CT molecular complexity index is 921. The van der Waals surface area contributed by atoms with Crippen LogP contribution in [0.3, 0.4) is 0 Å². The minimum atomic E-state index is -1.26. The third kappa shape index (κ3) is 3.81. The zero-order chi connectivity index (χ0) is 20.1. The SMILES string of the molecule is CN(C)C=C(C#N)C(=O)c1ccccc1C1(c2ccccc2)OCC(CCl)O1. The highest BCUT2D eigenvalue weighted by Gasteiger charge is 2.46. The fraction of sp³-hybridized carbons (Fsp3) is 0.273. The predicted octanol–water partition coefficient (Wildman–Crippen LogP) is 3.69. The smallest absolute Gasteiger partial charge is 0.223 e. The van der Waals surface area contributed by atoms with Crippen LogP contribution in [0.1, 0.15) is 21.5 Å². The van der Waals surface area contributed by atoms with E-state index >= 15 is 0 Å². The number of ketones is 1. The molecule has 1 saturated heterocycles. The van der Waals surface area contributed by atoms with Gasteiger partial charge in [-0.05, 0) is 0 Å². The van der Waals surface area contributed by atoms with Gasteiger partial charge in [0.05, 0.1) is 18.6 Å². The summed E-state index contributed by atoms with van der Waals surface area (Å²) in [4.78, 5) is 14.8. The second kappa shape index (κ2) is 8.57. The summed E-state index contributed by atoms with van der Waals surface area (Å²) >= 11 is 6.01. The van der Waals surface area contributed by atoms with Crippen LogP contribution in [0.15, 0.2) is 66.4 Å². The number of benzene rings is 2. The summed E-state index contributed by atoms with van der Waals surface area (Å²) in [7, 11) is 3.52. The molecule has 0 spiro atoms. The van der Waals surface area contributed by atoms with Crippen molar-refractivity contribution in [1.29, 1.82) is 5.26 Å². The Labute approximate surface area is 169 Å². The molecule has 0 aliphatic carbocycles. The molecule has 0 amide bonds. The second-order valence-corrected chi connectivity index (χ2v) is 6.99. The van der Waals surface area contributed by atoms with Crippen molar-refractivity contribution in [2.75, 3.05) is 26.6 Å². The molecule has 2 aromatic carbocycles. The lowest BCUT2D eigenvalue weighted by atomic mass is 9.89. The van der Waals surface area contributed by atoms with Crippen molar-refractivity contribution < 1.29 is 14.3 Å². The van der Waals surface area contributed by atoms with E-state index in [2.05, 4.69) is 0 Å². The zero-order valence-corrected chi connectivity index (χ0v) is 16.5. The molecule has 1 aliphatic rings. The molecule has 0 N–H and O–H groups in total. The molecule has 1 fully saturated rings. The van der Waals surface area contributed by atoms with Gasteiger partial charge in [0.1, 0.15) is 11.6 Å². The molecule has 2 unspecified atom stereocenters. The number of rotatable bonds is 6. The first-order valence-corrected chi connectivity index (χ1v) is 9.41. The molecule has 1 aliphatic heterocycles. The molecule has 3 rings (SSSR count). The van der Waals surface area contributed by atoms with Crippen molar-refractivity contribution >= 4 is 17.4 Å². The largest absolute Gasteiger partial charge is 0.382 e. The summed E-state index contributed by atoms with van der Waals surface area (Å²) in [6.45, 7) is 0.305. The van der Waals surface area contributed by atoms with Crippen LogP contribution < -0.4 is 0 Å². The monoisotopic (exact) mass is 396 g/mol. The Morgan fingerprint density at radius 3 is 2.54 bits per heavy atom. The fourth-order valence-corrected chi connectivity index (χ4v) is 3.36. The first-order valence-electron chi connectivity index (χ1n) is 8.87. The van der Waals surface area contributed by atoms with Crippen LogP contribution in [0.2, 0.25) is 0 Å². The van der Waals surface area contributed by atoms with Crippen LogP contribution in [0.25, 0.3) is 0 Å². The number of alkyl halides is 1. The quantitative estimate of drug-likeness (QED) is 0.322. The number of nitriles is 1. The van der Waals surface area contributed by atoms with E-state index in [1.54, 1.807) is 37.2 Å². The molecule has 0 saturated carbocycles. The Balaban J connectivity index is 2.17. The Morgan fingerprint density at radius 2 is 1.93 bits per heavy atom. The summed E-state index contributed by atoms with van der Waals surface area (Å²) < 4.78 is 12.4. The van der Waals surface area contributed by atoms with E-state index in [9.17, 15) is 10.1 Å². The number of nitrogens with zero attached hydrogens (tertiary/aromatic N) is 2. The molecule has 2 aromatic rings. The average Bonchev–Trinajstić information content (AvgIpc) is 3.17. The standard InChI is InChI=1S/C22H21ClN2O3/c1-25(2)14-16(13-24)21(26)19-10-6-7-11-20(19)22(17-8-4-3-5-9-17)27-15-18(12-23)28-22/h3-11,14,18H,12,15H2,1-2H3. The highest BCUT2D eigenvalue weighted by atomic mass is 35.5. The highest BCUT2D eigenvalue weighted by Crippen LogP contribution is 2.42. The molecule has 144 valence electrons. The van der Waals surface area contributed by atoms with Crippen molar-refractivity contribution in [2.45, 2.75) is 11.9 Å². The van der Waals surface area contributed by atoms with Gasteiger partial charge in [-0.3, -0.25) is 4.79 Å². The minimum Gasteiger partial charge on any atom is -0.382 e. The first-order chi connectivity index (χ1) is 13.5. The Morgan fingerprint density at radius 1 is 1.25 bits per heavy atom. The number of Topliss-reactive ketones (excluding diaryl/α,β-unsaturated/α-hetero) is 1. The highest BCUT2D eigenvalue weighted by molar-refractivity contribution is 6.18. The van der Waals surface area contributed by atoms with E-state index < -0.39 is 5.79 Å². The third-order valence-electron chi connectivity index (χ3n) is 4.41. The summed E-state index contributed by atoms with van der Waals surface area (Å²) in [5.74, 6) is -1.37. The molecule has 6 heteroatoms. The van der Waals surface area contributed by atoms with Gasteiger partial charge in [-0.25, -0.2) is 0 Å². The van der Waals surface area contributed by atoms with Gasteiger partial charge in [-0.2, -0.15) is 5.26 Å². The lowest BCUT2D eigenvalue weighted by Gasteiger charge is -2.30. The first kappa shape index (κ1) is 20.1. The number of carbonyl (C=O) groups is 1. The third-order valence-corrected chi connectivity index (χ3v) is 4.75. The lowest BCUT2D eigenvalue weighted by molar-refractivity contribution is -0.140. The van der Waals surface area contributed by atoms with Crippen LogP contribution in [0, 0.1) is 11.3 Å². The zero-order valence-electron chi connectivity index (χ0n) is 15.8. The lowest BCUT2D eigenvalue weighted by Crippen LogP contribution is -2.32. The number of allylic oxidation sites excluding steroid dienone is 1. The van der Waals surface area contributed by atoms with Gasteiger partial charge in [0.15, 0.2) is 0 Å². The number of halogens is 1. The van der Waals surface area contributed by atoms with Crippen LogP contribution in [0.4, 0.5) is 0 Å². The van der Waals surface area contributed by atoms with Gasteiger partial charge in [0.25, 0.3) is 0 Å². The molecule has 0 aromatic heterocycles. The van der Waals surface area contributed by atoms with E-state index in [1.165, 1.54) is 6.20 Å². The van der Waals surface area contributed by atoms with Crippen molar-refractivity contribution in [3.63, 3.8) is 0 Å². The van der Waals surface area contributed by atoms with Gasteiger partial charge in [-0.1, -0.05) is 54.6 Å². The van der Waals surface area contributed by atoms with Crippen molar-refractivity contribution in [3.8, 4) is 6.07 Å². The van der Waals surface area contributed by atoms with Gasteiger partial charge in [0, 0.05) is 37.0 Å². The molecular weight excluding hydrogens is 376 g/mol. The van der Waals surface area contributed by atoms with E-state index in [0.29, 0.717) is 17.7 Å². The summed E-state index contributed by atoms with van der Waals surface area (Å²) in [5, 5.41) is 9.48. The molecule has 2 atom stereocenters. The second-order valence-electron chi connectivity index (χ2n) is 6.68. The average molecular weight is 397 g/mol. The molecule has 0 bridgehead atoms. The molecule has 1 heterocycles. The number of carbonyl (C=O) groups excluding carboxylic acids is 1. The fourth-order valence-electron chi connectivity index (χ4n) is 3.20. The van der Waals surface area contributed by atoms with Crippen molar-refractivity contribution in [1.82, 2.24) is 4.90 Å². The van der Waals surface area contributed by atoms with Crippen LogP contribution in [0.5, 0.6) is 0 Å². The maximum atomic E-state index is 13.2. The molecular formula is C22H21ClN2O3. The molecule has 0 radical (unpaired) electrons. The maximum Gasteiger partial charge on any atom is 0.223 e. The summed E-state index contributed by atoms with van der Waals surface area (Å²) in [5.41, 5.74) is 1.71. The van der Waals surface area contributed by atoms with E-state index in [0.717, 1.165) is 5.56 Å². The number of hydrogen-bond acceptors (Lipinski definition) is 5. The van der Waals surface area contributed by atoms with E-state index in [1.807, 2.05) is 42.5 Å². The number of ether oxygens (including phenoxy) is 2. The van der Waals surface area contributed by atoms with Crippen LogP contribution in [-0.2, 0) is 15.3 Å². The molecule has 28 heavy (non-hydrogen) atoms. The Hall–Kier alpha value is -2.65. The molecule has 5 nitrogen and oxygen atoms in total. The number of hydrogen-bond donors (Lipinski definition) is 0. The Kier molecular flexibility index (Phi) is 6.15. The van der Waals surface area contributed by atoms with Gasteiger partial charge >= 0.3 is 0 Å². The van der Waals surface area contributed by atoms with Crippen LogP contribution in [-0.4, -0.2) is 43.4 Å². The van der Waals surface area contributed by atoms with E-state index in [-0.39, 0.29) is 23.3 Å². The minimum absolute atomic E-state index is 0.0348. The van der Waals surface area contributed by atoms with Crippen LogP contribution >= 0.6 is 11.6 Å². The summed E-state index contributed by atoms with van der Waals surface area (Å²) in [6.07, 6.45) is 1.20. The topological polar surface area (TPSA) is 62.6 Å². The normalized spacial score (nSPS) is 21.9. The van der Waals surface area contributed by atoms with E-state index in [4.69, 9.17) is 21.1 Å². The predicted molar refractivity (Wildman–Crippen MR) is 107 cm³/mol. The van der Waals surface area contributed by atoms with Gasteiger partial charge in [0.2, 0.25) is 11.6 Å². The van der Waals surface area contributed by atoms with Crippen molar-refractivity contribution in [2.24, 2.45) is 0 Å². The van der Waals surface area contributed by atoms with Crippen molar-refractivity contribution in [3.05, 3.63) is 83.1 Å². The summed E-state index contributed by atoms with van der Waals surface area (Å²) in [6, 6.07) is 18.5.